The summed E-state index contributed by atoms with van der Waals surface area (Å²) in [5.74, 6) is 0.813. The average molecular weight is 469 g/mol. The first-order valence-electron chi connectivity index (χ1n) is 11.1. The van der Waals surface area contributed by atoms with Crippen LogP contribution in [0.2, 0.25) is 0 Å². The third-order valence-corrected chi connectivity index (χ3v) is 6.89. The second kappa shape index (κ2) is 10.2. The Morgan fingerprint density at radius 3 is 2.58 bits per heavy atom. The van der Waals surface area contributed by atoms with Gasteiger partial charge in [-0.2, -0.15) is 0 Å². The van der Waals surface area contributed by atoms with Gasteiger partial charge in [0, 0.05) is 24.2 Å². The first-order chi connectivity index (χ1) is 16.0. The predicted octanol–water partition coefficient (Wildman–Crippen LogP) is 4.65. The van der Waals surface area contributed by atoms with Crippen molar-refractivity contribution in [2.24, 2.45) is 0 Å². The van der Waals surface area contributed by atoms with Crippen LogP contribution in [0.25, 0.3) is 10.8 Å². The van der Waals surface area contributed by atoms with E-state index in [1.54, 1.807) is 23.1 Å². The minimum Gasteiger partial charge on any atom is -0.456 e. The molecule has 0 saturated carbocycles. The van der Waals surface area contributed by atoms with Gasteiger partial charge in [-0.15, -0.1) is 0 Å². The minimum atomic E-state index is -3.50. The monoisotopic (exact) mass is 468 g/mol. The number of unbranched alkanes of at least 4 members (excludes halogenated alkanes) is 1. The molecule has 8 heteroatoms. The average Bonchev–Trinajstić information content (AvgIpc) is 2.84. The van der Waals surface area contributed by atoms with Crippen molar-refractivity contribution in [1.29, 1.82) is 0 Å². The van der Waals surface area contributed by atoms with E-state index in [2.05, 4.69) is 4.72 Å². The van der Waals surface area contributed by atoms with Gasteiger partial charge in [0.15, 0.2) is 0 Å². The first-order valence-corrected chi connectivity index (χ1v) is 12.8. The van der Waals surface area contributed by atoms with Crippen LogP contribution in [-0.2, 0) is 14.8 Å². The molecule has 3 aromatic rings. The highest BCUT2D eigenvalue weighted by Gasteiger charge is 2.24. The molecule has 1 aliphatic heterocycles. The maximum Gasteiger partial charge on any atom is 0.257 e. The van der Waals surface area contributed by atoms with Crippen molar-refractivity contribution < 1.29 is 22.7 Å². The molecule has 33 heavy (non-hydrogen) atoms. The van der Waals surface area contributed by atoms with E-state index < -0.39 is 10.0 Å². The van der Waals surface area contributed by atoms with Gasteiger partial charge in [-0.05, 0) is 36.1 Å². The zero-order valence-corrected chi connectivity index (χ0v) is 19.4. The summed E-state index contributed by atoms with van der Waals surface area (Å²) in [6.07, 6.45) is 1.34. The molecule has 0 radical (unpaired) electrons. The summed E-state index contributed by atoms with van der Waals surface area (Å²) in [5, 5.41) is 1.95. The summed E-state index contributed by atoms with van der Waals surface area (Å²) in [6, 6.07) is 18.4. The highest BCUT2D eigenvalue weighted by molar-refractivity contribution is 7.92. The van der Waals surface area contributed by atoms with E-state index >= 15 is 0 Å². The molecule has 3 aromatic carbocycles. The number of nitrogens with one attached hydrogen (secondary N) is 1. The fourth-order valence-corrected chi connectivity index (χ4v) is 5.01. The fraction of sp³-hybridized carbons (Fsp3) is 0.320. The first kappa shape index (κ1) is 23.1. The van der Waals surface area contributed by atoms with Crippen molar-refractivity contribution in [3.8, 4) is 11.5 Å². The van der Waals surface area contributed by atoms with Crippen LogP contribution < -0.4 is 9.46 Å². The molecule has 1 heterocycles. The van der Waals surface area contributed by atoms with Gasteiger partial charge in [0.1, 0.15) is 11.5 Å². The Morgan fingerprint density at radius 2 is 1.79 bits per heavy atom. The van der Waals surface area contributed by atoms with Crippen molar-refractivity contribution in [3.05, 3.63) is 66.2 Å². The lowest BCUT2D eigenvalue weighted by atomic mass is 10.1. The molecule has 1 fully saturated rings. The van der Waals surface area contributed by atoms with Crippen LogP contribution >= 0.6 is 0 Å². The Balaban J connectivity index is 1.70. The number of morpholine rings is 1. The second-order valence-electron chi connectivity index (χ2n) is 7.97. The normalized spacial score (nSPS) is 14.3. The van der Waals surface area contributed by atoms with Gasteiger partial charge in [-0.3, -0.25) is 9.52 Å². The Morgan fingerprint density at radius 1 is 1.03 bits per heavy atom. The number of sulfonamides is 1. The van der Waals surface area contributed by atoms with Crippen LogP contribution in [-0.4, -0.2) is 51.3 Å². The molecule has 0 aliphatic carbocycles. The largest absolute Gasteiger partial charge is 0.456 e. The SMILES string of the molecule is CCCCS(=O)(=O)Nc1ccc(Oc2cccc3ccccc23)c(C(=O)N2CCOCC2)c1. The van der Waals surface area contributed by atoms with Crippen molar-refractivity contribution in [1.82, 2.24) is 4.90 Å². The molecule has 1 amide bonds. The quantitative estimate of drug-likeness (QED) is 0.520. The zero-order chi connectivity index (χ0) is 23.3. The van der Waals surface area contributed by atoms with E-state index in [1.807, 2.05) is 49.4 Å². The van der Waals surface area contributed by atoms with Crippen LogP contribution in [0.15, 0.2) is 60.7 Å². The van der Waals surface area contributed by atoms with Gasteiger partial charge >= 0.3 is 0 Å². The molecule has 7 nitrogen and oxygen atoms in total. The van der Waals surface area contributed by atoms with E-state index in [1.165, 1.54) is 0 Å². The summed E-state index contributed by atoms with van der Waals surface area (Å²) in [5.41, 5.74) is 0.647. The number of carbonyl (C=O) groups is 1. The minimum absolute atomic E-state index is 0.0322. The number of carbonyl (C=O) groups excluding carboxylic acids is 1. The zero-order valence-electron chi connectivity index (χ0n) is 18.6. The third kappa shape index (κ3) is 5.64. The predicted molar refractivity (Wildman–Crippen MR) is 130 cm³/mol. The maximum atomic E-state index is 13.4. The Labute approximate surface area is 194 Å². The maximum absolute atomic E-state index is 13.4. The summed E-state index contributed by atoms with van der Waals surface area (Å²) in [6.45, 7) is 3.81. The molecule has 0 aromatic heterocycles. The highest BCUT2D eigenvalue weighted by atomic mass is 32.2. The number of rotatable bonds is 8. The molecule has 1 aliphatic rings. The van der Waals surface area contributed by atoms with Crippen molar-refractivity contribution >= 4 is 32.4 Å². The molecular weight excluding hydrogens is 440 g/mol. The van der Waals surface area contributed by atoms with E-state index in [9.17, 15) is 13.2 Å². The van der Waals surface area contributed by atoms with Gasteiger partial charge in [0.25, 0.3) is 5.91 Å². The molecule has 4 rings (SSSR count). The Hall–Kier alpha value is -3.10. The van der Waals surface area contributed by atoms with E-state index in [-0.39, 0.29) is 11.7 Å². The van der Waals surface area contributed by atoms with Gasteiger partial charge in [-0.25, -0.2) is 8.42 Å². The molecule has 1 N–H and O–H groups in total. The number of anilines is 1. The number of fused-ring (bicyclic) bond motifs is 1. The number of hydrogen-bond acceptors (Lipinski definition) is 5. The van der Waals surface area contributed by atoms with E-state index in [4.69, 9.17) is 9.47 Å². The molecule has 0 atom stereocenters. The number of hydrogen-bond donors (Lipinski definition) is 1. The number of ether oxygens (including phenoxy) is 2. The smallest absolute Gasteiger partial charge is 0.257 e. The third-order valence-electron chi connectivity index (χ3n) is 5.52. The lowest BCUT2D eigenvalue weighted by Crippen LogP contribution is -2.40. The fourth-order valence-electron chi connectivity index (χ4n) is 3.75. The van der Waals surface area contributed by atoms with Crippen molar-refractivity contribution in [3.63, 3.8) is 0 Å². The van der Waals surface area contributed by atoms with Gasteiger partial charge < -0.3 is 14.4 Å². The van der Waals surface area contributed by atoms with Crippen molar-refractivity contribution in [2.45, 2.75) is 19.8 Å². The molecule has 0 unspecified atom stereocenters. The second-order valence-corrected chi connectivity index (χ2v) is 9.81. The van der Waals surface area contributed by atoms with E-state index in [0.29, 0.717) is 55.5 Å². The van der Waals surface area contributed by atoms with Gasteiger partial charge in [0.2, 0.25) is 10.0 Å². The van der Waals surface area contributed by atoms with Crippen molar-refractivity contribution in [2.75, 3.05) is 36.8 Å². The topological polar surface area (TPSA) is 84.9 Å². The lowest BCUT2D eigenvalue weighted by Gasteiger charge is -2.27. The summed E-state index contributed by atoms with van der Waals surface area (Å²) in [7, 11) is -3.50. The Bertz CT molecular complexity index is 1230. The van der Waals surface area contributed by atoms with Crippen LogP contribution in [0, 0.1) is 0 Å². The van der Waals surface area contributed by atoms with Crippen LogP contribution in [0.3, 0.4) is 0 Å². The van der Waals surface area contributed by atoms with Crippen LogP contribution in [0.4, 0.5) is 5.69 Å². The summed E-state index contributed by atoms with van der Waals surface area (Å²) < 4.78 is 39.0. The Kier molecular flexibility index (Phi) is 7.15. The summed E-state index contributed by atoms with van der Waals surface area (Å²) >= 11 is 0. The molecule has 0 bridgehead atoms. The standard InChI is InChI=1S/C25H28N2O5S/c1-2-3-17-33(29,30)26-20-11-12-24(22(18-20)25(28)27-13-15-31-16-14-27)32-23-10-6-8-19-7-4-5-9-21(19)23/h4-12,18,26H,2-3,13-17H2,1H3. The molecule has 174 valence electrons. The highest BCUT2D eigenvalue weighted by Crippen LogP contribution is 2.33. The van der Waals surface area contributed by atoms with E-state index in [0.717, 1.165) is 17.2 Å². The van der Waals surface area contributed by atoms with Gasteiger partial charge in [0.05, 0.1) is 24.5 Å². The molecule has 0 spiro atoms. The molecular formula is C25H28N2O5S. The van der Waals surface area contributed by atoms with Crippen LogP contribution in [0.1, 0.15) is 30.1 Å². The summed E-state index contributed by atoms with van der Waals surface area (Å²) in [4.78, 5) is 15.1. The van der Waals surface area contributed by atoms with Gasteiger partial charge in [-0.1, -0.05) is 49.7 Å². The number of nitrogens with zero attached hydrogens (tertiary/aromatic N) is 1. The molecule has 1 saturated heterocycles. The lowest BCUT2D eigenvalue weighted by molar-refractivity contribution is 0.0301. The number of benzene rings is 3. The number of amides is 1. The van der Waals surface area contributed by atoms with Crippen LogP contribution in [0.5, 0.6) is 11.5 Å².